The van der Waals surface area contributed by atoms with E-state index >= 15 is 0 Å². The first-order valence-corrected chi connectivity index (χ1v) is 15.1. The van der Waals surface area contributed by atoms with Gasteiger partial charge in [0.15, 0.2) is 0 Å². The third kappa shape index (κ3) is 7.30. The smallest absolute Gasteiger partial charge is 0.307 e. The van der Waals surface area contributed by atoms with Crippen LogP contribution in [-0.2, 0) is 20.9 Å². The van der Waals surface area contributed by atoms with Gasteiger partial charge in [0.05, 0.1) is 32.2 Å². The third-order valence-electron chi connectivity index (χ3n) is 7.28. The first kappa shape index (κ1) is 28.7. The molecule has 1 aromatic heterocycles. The van der Waals surface area contributed by atoms with Crippen molar-refractivity contribution >= 4 is 27.4 Å². The predicted molar refractivity (Wildman–Crippen MR) is 165 cm³/mol. The summed E-state index contributed by atoms with van der Waals surface area (Å²) < 4.78 is 24.2. The molecule has 4 aromatic rings. The fourth-order valence-electron chi connectivity index (χ4n) is 5.15. The Morgan fingerprint density at radius 3 is 2.54 bits per heavy atom. The van der Waals surface area contributed by atoms with Crippen molar-refractivity contribution in [3.63, 3.8) is 0 Å². The molecule has 6 heteroatoms. The molecule has 212 valence electrons. The quantitative estimate of drug-likeness (QED) is 0.143. The minimum Gasteiger partial charge on any atom is -0.490 e. The number of ether oxygens (including phenoxy) is 4. The van der Waals surface area contributed by atoms with Gasteiger partial charge < -0.3 is 18.9 Å². The Morgan fingerprint density at radius 1 is 1.02 bits per heavy atom. The Labute approximate surface area is 246 Å². The Kier molecular flexibility index (Phi) is 9.61. The molecule has 1 aliphatic rings. The molecular weight excluding hydrogens is 532 g/mol. The number of carbonyl (C=O) groups excluding carboxylic acids is 1. The minimum absolute atomic E-state index is 0.196. The van der Waals surface area contributed by atoms with E-state index in [1.165, 1.54) is 26.8 Å². The van der Waals surface area contributed by atoms with Crippen molar-refractivity contribution < 1.29 is 23.7 Å². The van der Waals surface area contributed by atoms with Crippen LogP contribution >= 0.6 is 11.3 Å². The average Bonchev–Trinajstić information content (AvgIpc) is 3.40. The van der Waals surface area contributed by atoms with Gasteiger partial charge in [-0.25, -0.2) is 0 Å². The highest BCUT2D eigenvalue weighted by Crippen LogP contribution is 2.37. The van der Waals surface area contributed by atoms with E-state index in [2.05, 4.69) is 60.5 Å². The number of carbonyl (C=O) groups is 1. The predicted octanol–water partition coefficient (Wildman–Crippen LogP) is 8.07. The lowest BCUT2D eigenvalue weighted by atomic mass is 9.96. The van der Waals surface area contributed by atoms with Crippen LogP contribution in [-0.4, -0.2) is 31.9 Å². The summed E-state index contributed by atoms with van der Waals surface area (Å²) in [6.07, 6.45) is 2.34. The zero-order chi connectivity index (χ0) is 28.6. The number of esters is 1. The molecule has 5 nitrogen and oxygen atoms in total. The van der Waals surface area contributed by atoms with Crippen molar-refractivity contribution in [2.45, 2.75) is 58.7 Å². The topological polar surface area (TPSA) is 54.0 Å². The van der Waals surface area contributed by atoms with Gasteiger partial charge in [-0.3, -0.25) is 4.79 Å². The summed E-state index contributed by atoms with van der Waals surface area (Å²) in [5.74, 6) is 7.31. The molecule has 0 N–H and O–H groups in total. The molecular formula is C35H36O5S. The average molecular weight is 569 g/mol. The van der Waals surface area contributed by atoms with E-state index in [1.54, 1.807) is 18.3 Å². The van der Waals surface area contributed by atoms with Crippen molar-refractivity contribution in [2.75, 3.05) is 19.8 Å². The largest absolute Gasteiger partial charge is 0.490 e. The SMILES string of the molecule is CC#C[C@@H](CC(=O)OCC)c1ccc(OCc2ccc3scc(-c4ccc(OC5CCOCC5)cc4C)c3c2)cc1. The lowest BCUT2D eigenvalue weighted by Crippen LogP contribution is -2.25. The molecule has 0 unspecified atom stereocenters. The van der Waals surface area contributed by atoms with Crippen LogP contribution in [0.5, 0.6) is 11.5 Å². The minimum atomic E-state index is -0.238. The van der Waals surface area contributed by atoms with Crippen LogP contribution in [0, 0.1) is 18.8 Å². The van der Waals surface area contributed by atoms with Gasteiger partial charge in [0.25, 0.3) is 0 Å². The summed E-state index contributed by atoms with van der Waals surface area (Å²) in [5.41, 5.74) is 5.73. The van der Waals surface area contributed by atoms with Crippen LogP contribution in [0.3, 0.4) is 0 Å². The van der Waals surface area contributed by atoms with Gasteiger partial charge in [0, 0.05) is 28.5 Å². The van der Waals surface area contributed by atoms with Crippen molar-refractivity contribution in [3.05, 3.63) is 82.7 Å². The molecule has 1 atom stereocenters. The molecule has 0 aliphatic carbocycles. The molecule has 0 radical (unpaired) electrons. The number of fused-ring (bicyclic) bond motifs is 1. The Balaban J connectivity index is 1.27. The van der Waals surface area contributed by atoms with Crippen molar-refractivity contribution in [2.24, 2.45) is 0 Å². The first-order chi connectivity index (χ1) is 20.0. The molecule has 0 saturated carbocycles. The molecule has 1 aliphatic heterocycles. The number of aryl methyl sites for hydroxylation is 1. The van der Waals surface area contributed by atoms with Crippen LogP contribution < -0.4 is 9.47 Å². The van der Waals surface area contributed by atoms with Gasteiger partial charge in [0.2, 0.25) is 0 Å². The molecule has 1 saturated heterocycles. The number of hydrogen-bond acceptors (Lipinski definition) is 6. The van der Waals surface area contributed by atoms with Gasteiger partial charge in [-0.2, -0.15) is 0 Å². The van der Waals surface area contributed by atoms with Crippen LogP contribution in [0.25, 0.3) is 21.2 Å². The second-order valence-corrected chi connectivity index (χ2v) is 11.1. The molecule has 2 heterocycles. The maximum Gasteiger partial charge on any atom is 0.307 e. The van der Waals surface area contributed by atoms with E-state index in [4.69, 9.17) is 18.9 Å². The lowest BCUT2D eigenvalue weighted by molar-refractivity contribution is -0.143. The first-order valence-electron chi connectivity index (χ1n) is 14.2. The highest BCUT2D eigenvalue weighted by atomic mass is 32.1. The van der Waals surface area contributed by atoms with Crippen LogP contribution in [0.4, 0.5) is 0 Å². The number of thiophene rings is 1. The molecule has 41 heavy (non-hydrogen) atoms. The van der Waals surface area contributed by atoms with E-state index < -0.39 is 0 Å². The Morgan fingerprint density at radius 2 is 1.80 bits per heavy atom. The Hall–Kier alpha value is -3.79. The van der Waals surface area contributed by atoms with Crippen LogP contribution in [0.2, 0.25) is 0 Å². The molecule has 1 fully saturated rings. The van der Waals surface area contributed by atoms with E-state index in [0.29, 0.717) is 13.2 Å². The molecule has 0 spiro atoms. The van der Waals surface area contributed by atoms with Crippen LogP contribution in [0.15, 0.2) is 66.0 Å². The molecule has 0 amide bonds. The fraction of sp³-hybridized carbons (Fsp3) is 0.343. The van der Waals surface area contributed by atoms with Gasteiger partial charge in [-0.15, -0.1) is 17.3 Å². The maximum atomic E-state index is 12.0. The van der Waals surface area contributed by atoms with E-state index in [9.17, 15) is 4.79 Å². The summed E-state index contributed by atoms with van der Waals surface area (Å²) in [7, 11) is 0. The Bertz CT molecular complexity index is 1540. The second kappa shape index (κ2) is 13.7. The van der Waals surface area contributed by atoms with Gasteiger partial charge in [0.1, 0.15) is 24.2 Å². The van der Waals surface area contributed by atoms with Gasteiger partial charge in [-0.05, 0) is 84.8 Å². The standard InChI is InChI=1S/C35H36O5S/c1-4-6-27(21-35(36)38-5-2)26-8-10-28(11-9-26)39-22-25-7-14-34-32(20-25)33(23-41-34)31-13-12-30(19-24(31)3)40-29-15-17-37-18-16-29/h7-14,19-20,23,27,29H,5,15-18,21-22H2,1-3H3/t27-/m0/s1. The second-order valence-electron chi connectivity index (χ2n) is 10.2. The van der Waals surface area contributed by atoms with Gasteiger partial charge >= 0.3 is 5.97 Å². The molecule has 3 aromatic carbocycles. The monoisotopic (exact) mass is 568 g/mol. The van der Waals surface area contributed by atoms with Crippen molar-refractivity contribution in [1.29, 1.82) is 0 Å². The zero-order valence-corrected chi connectivity index (χ0v) is 24.7. The fourth-order valence-corrected chi connectivity index (χ4v) is 6.09. The molecule has 0 bridgehead atoms. The zero-order valence-electron chi connectivity index (χ0n) is 23.9. The van der Waals surface area contributed by atoms with Gasteiger partial charge in [-0.1, -0.05) is 30.2 Å². The number of rotatable bonds is 10. The summed E-state index contributed by atoms with van der Waals surface area (Å²) in [5, 5.41) is 3.47. The molecule has 5 rings (SSSR count). The van der Waals surface area contributed by atoms with Crippen LogP contribution in [0.1, 0.15) is 55.7 Å². The van der Waals surface area contributed by atoms with E-state index in [1.807, 2.05) is 31.2 Å². The number of benzene rings is 3. The van der Waals surface area contributed by atoms with E-state index in [0.717, 1.165) is 48.7 Å². The summed E-state index contributed by atoms with van der Waals surface area (Å²) in [6, 6.07) is 20.8. The van der Waals surface area contributed by atoms with Crippen molar-refractivity contribution in [3.8, 4) is 34.5 Å². The third-order valence-corrected chi connectivity index (χ3v) is 8.24. The van der Waals surface area contributed by atoms with Crippen molar-refractivity contribution in [1.82, 2.24) is 0 Å². The summed E-state index contributed by atoms with van der Waals surface area (Å²) in [4.78, 5) is 12.0. The lowest BCUT2D eigenvalue weighted by Gasteiger charge is -2.23. The van der Waals surface area contributed by atoms with E-state index in [-0.39, 0.29) is 24.4 Å². The highest BCUT2D eigenvalue weighted by molar-refractivity contribution is 7.17. The maximum absolute atomic E-state index is 12.0. The normalized spacial score (nSPS) is 14.2. The summed E-state index contributed by atoms with van der Waals surface area (Å²) >= 11 is 1.76. The summed E-state index contributed by atoms with van der Waals surface area (Å²) in [6.45, 7) is 8.11. The number of hydrogen-bond donors (Lipinski definition) is 0. The highest BCUT2D eigenvalue weighted by Gasteiger charge is 2.17.